The highest BCUT2D eigenvalue weighted by molar-refractivity contribution is 8.01. The fourth-order valence-corrected chi connectivity index (χ4v) is 4.20. The molecule has 0 spiro atoms. The molecule has 0 radical (unpaired) electrons. The molecule has 1 N–H and O–H groups in total. The molecule has 9 heteroatoms. The molecule has 7 nitrogen and oxygen atoms in total. The fraction of sp³-hybridized carbons (Fsp3) is 0.412. The number of nitro groups is 1. The molecular formula is C17H21N3O4S2. The van der Waals surface area contributed by atoms with Gasteiger partial charge in [0, 0.05) is 35.8 Å². The van der Waals surface area contributed by atoms with Crippen molar-refractivity contribution in [2.45, 2.75) is 35.9 Å². The van der Waals surface area contributed by atoms with E-state index in [1.54, 1.807) is 12.1 Å². The van der Waals surface area contributed by atoms with Crippen LogP contribution in [0, 0.1) is 17.0 Å². The maximum atomic E-state index is 12.7. The molecule has 140 valence electrons. The van der Waals surface area contributed by atoms with Gasteiger partial charge in [-0.15, -0.1) is 11.3 Å². The molecule has 0 saturated heterocycles. The van der Waals surface area contributed by atoms with Crippen LogP contribution in [0.15, 0.2) is 32.8 Å². The topological polar surface area (TPSA) is 96.6 Å². The fourth-order valence-electron chi connectivity index (χ4n) is 2.32. The van der Waals surface area contributed by atoms with Gasteiger partial charge in [-0.25, -0.2) is 4.98 Å². The number of benzene rings is 1. The van der Waals surface area contributed by atoms with Crippen LogP contribution in [0.5, 0.6) is 0 Å². The molecule has 2 rings (SSSR count). The number of carbonyl (C=O) groups excluding carboxylic acids is 1. The van der Waals surface area contributed by atoms with E-state index in [-0.39, 0.29) is 30.3 Å². The van der Waals surface area contributed by atoms with E-state index in [1.165, 1.54) is 34.1 Å². The number of nitrogens with zero attached hydrogens (tertiary/aromatic N) is 3. The monoisotopic (exact) mass is 395 g/mol. The number of rotatable bonds is 9. The first kappa shape index (κ1) is 20.3. The molecular weight excluding hydrogens is 374 g/mol. The lowest BCUT2D eigenvalue weighted by molar-refractivity contribution is -0.387. The molecule has 1 aromatic heterocycles. The smallest absolute Gasteiger partial charge is 0.284 e. The molecule has 26 heavy (non-hydrogen) atoms. The number of aryl methyl sites for hydroxylation is 1. The van der Waals surface area contributed by atoms with E-state index in [2.05, 4.69) is 4.98 Å². The number of thiazole rings is 1. The first-order valence-electron chi connectivity index (χ1n) is 8.24. The van der Waals surface area contributed by atoms with E-state index >= 15 is 0 Å². The predicted molar refractivity (Wildman–Crippen MR) is 102 cm³/mol. The molecule has 2 aromatic rings. The number of nitro benzene ring substituents is 1. The zero-order chi connectivity index (χ0) is 19.1. The van der Waals surface area contributed by atoms with E-state index in [1.807, 2.05) is 19.2 Å². The third-order valence-electron chi connectivity index (χ3n) is 3.64. The van der Waals surface area contributed by atoms with Crippen LogP contribution in [0.25, 0.3) is 0 Å². The molecule has 0 saturated carbocycles. The van der Waals surface area contributed by atoms with Crippen LogP contribution in [0.3, 0.4) is 0 Å². The summed E-state index contributed by atoms with van der Waals surface area (Å²) in [7, 11) is 0. The Morgan fingerprint density at radius 2 is 2.19 bits per heavy atom. The van der Waals surface area contributed by atoms with Gasteiger partial charge < -0.3 is 10.0 Å². The Bertz CT molecular complexity index is 779. The van der Waals surface area contributed by atoms with Crippen LogP contribution in [-0.2, 0) is 0 Å². The van der Waals surface area contributed by atoms with Crippen LogP contribution in [0.2, 0.25) is 0 Å². The van der Waals surface area contributed by atoms with E-state index < -0.39 is 4.92 Å². The number of aliphatic hydroxyl groups is 1. The normalized spacial score (nSPS) is 10.7. The lowest BCUT2D eigenvalue weighted by Crippen LogP contribution is -2.34. The van der Waals surface area contributed by atoms with Crippen LogP contribution < -0.4 is 0 Å². The largest absolute Gasteiger partial charge is 0.395 e. The van der Waals surface area contributed by atoms with Crippen LogP contribution >= 0.6 is 23.1 Å². The van der Waals surface area contributed by atoms with Crippen LogP contribution in [0.4, 0.5) is 5.69 Å². The molecule has 0 unspecified atom stereocenters. The summed E-state index contributed by atoms with van der Waals surface area (Å²) in [5.74, 6) is -0.308. The lowest BCUT2D eigenvalue weighted by atomic mass is 10.1. The average molecular weight is 396 g/mol. The molecule has 0 bridgehead atoms. The molecule has 0 atom stereocenters. The number of unbranched alkanes of at least 4 members (excludes halogenated alkanes) is 1. The number of hydrogen-bond donors (Lipinski definition) is 1. The second kappa shape index (κ2) is 9.65. The molecule has 0 aliphatic carbocycles. The van der Waals surface area contributed by atoms with Crippen molar-refractivity contribution in [1.29, 1.82) is 0 Å². The minimum absolute atomic E-state index is 0.117. The van der Waals surface area contributed by atoms with Crippen molar-refractivity contribution in [2.75, 3.05) is 19.7 Å². The zero-order valence-electron chi connectivity index (χ0n) is 14.7. The van der Waals surface area contributed by atoms with Gasteiger partial charge in [-0.05, 0) is 25.5 Å². The summed E-state index contributed by atoms with van der Waals surface area (Å²) in [4.78, 5) is 29.9. The Labute approximate surface area is 160 Å². The molecule has 1 amide bonds. The summed E-state index contributed by atoms with van der Waals surface area (Å²) in [6, 6.07) is 4.49. The molecule has 0 aliphatic heterocycles. The summed E-state index contributed by atoms with van der Waals surface area (Å²) in [6.07, 6.45) is 1.73. The molecule has 1 heterocycles. The van der Waals surface area contributed by atoms with Crippen molar-refractivity contribution in [1.82, 2.24) is 9.88 Å². The van der Waals surface area contributed by atoms with E-state index in [0.29, 0.717) is 11.4 Å². The first-order valence-corrected chi connectivity index (χ1v) is 9.94. The SMILES string of the molecule is CCCCN(CCO)C(=O)c1ccc(Sc2nc(C)cs2)c([N+](=O)[O-])c1. The quantitative estimate of drug-likeness (QED) is 0.513. The van der Waals surface area contributed by atoms with Crippen molar-refractivity contribution in [3.63, 3.8) is 0 Å². The number of hydrogen-bond acceptors (Lipinski definition) is 7. The van der Waals surface area contributed by atoms with E-state index in [9.17, 15) is 20.0 Å². The third-order valence-corrected chi connectivity index (χ3v) is 5.76. The molecule has 1 aromatic carbocycles. The minimum Gasteiger partial charge on any atom is -0.395 e. The minimum atomic E-state index is -0.484. The highest BCUT2D eigenvalue weighted by atomic mass is 32.2. The van der Waals surface area contributed by atoms with Gasteiger partial charge >= 0.3 is 0 Å². The van der Waals surface area contributed by atoms with Gasteiger partial charge in [0.05, 0.1) is 16.4 Å². The maximum Gasteiger partial charge on any atom is 0.284 e. The predicted octanol–water partition coefficient (Wildman–Crippen LogP) is 3.75. The van der Waals surface area contributed by atoms with E-state index in [4.69, 9.17) is 0 Å². The van der Waals surface area contributed by atoms with Crippen molar-refractivity contribution in [3.8, 4) is 0 Å². The Kier molecular flexibility index (Phi) is 7.55. The Morgan fingerprint density at radius 3 is 2.77 bits per heavy atom. The molecule has 0 fully saturated rings. The summed E-state index contributed by atoms with van der Waals surface area (Å²) in [5, 5.41) is 22.5. The van der Waals surface area contributed by atoms with Crippen molar-refractivity contribution in [3.05, 3.63) is 45.0 Å². The Balaban J connectivity index is 2.28. The van der Waals surface area contributed by atoms with Gasteiger partial charge in [0.2, 0.25) is 0 Å². The van der Waals surface area contributed by atoms with Crippen LogP contribution in [-0.4, -0.2) is 45.5 Å². The zero-order valence-corrected chi connectivity index (χ0v) is 16.3. The summed E-state index contributed by atoms with van der Waals surface area (Å²) in [6.45, 7) is 4.45. The van der Waals surface area contributed by atoms with Gasteiger partial charge in [-0.2, -0.15) is 0 Å². The van der Waals surface area contributed by atoms with E-state index in [0.717, 1.165) is 22.9 Å². The first-order chi connectivity index (χ1) is 12.5. The maximum absolute atomic E-state index is 12.7. The number of aliphatic hydroxyl groups excluding tert-OH is 1. The van der Waals surface area contributed by atoms with Gasteiger partial charge in [0.1, 0.15) is 0 Å². The number of carbonyl (C=O) groups is 1. The number of amides is 1. The second-order valence-corrected chi connectivity index (χ2v) is 7.81. The van der Waals surface area contributed by atoms with Gasteiger partial charge in [0.15, 0.2) is 4.34 Å². The summed E-state index contributed by atoms with van der Waals surface area (Å²) >= 11 is 2.64. The summed E-state index contributed by atoms with van der Waals surface area (Å²) in [5.41, 5.74) is 0.997. The summed E-state index contributed by atoms with van der Waals surface area (Å²) < 4.78 is 0.717. The van der Waals surface area contributed by atoms with Gasteiger partial charge in [-0.1, -0.05) is 25.1 Å². The van der Waals surface area contributed by atoms with Crippen molar-refractivity contribution in [2.24, 2.45) is 0 Å². The Hall–Kier alpha value is -1.97. The highest BCUT2D eigenvalue weighted by Crippen LogP contribution is 2.37. The van der Waals surface area contributed by atoms with Crippen LogP contribution in [0.1, 0.15) is 35.8 Å². The van der Waals surface area contributed by atoms with Gasteiger partial charge in [-0.3, -0.25) is 14.9 Å². The lowest BCUT2D eigenvalue weighted by Gasteiger charge is -2.21. The third kappa shape index (κ3) is 5.26. The standard InChI is InChI=1S/C17H21N3O4S2/c1-3-4-7-19(8-9-21)16(22)13-5-6-15(14(10-13)20(23)24)26-17-18-12(2)11-25-17/h5-6,10-11,21H,3-4,7-9H2,1-2H3. The second-order valence-electron chi connectivity index (χ2n) is 5.67. The van der Waals surface area contributed by atoms with Crippen molar-refractivity contribution < 1.29 is 14.8 Å². The highest BCUT2D eigenvalue weighted by Gasteiger charge is 2.22. The average Bonchev–Trinajstić information content (AvgIpc) is 3.03. The Morgan fingerprint density at radius 1 is 1.42 bits per heavy atom. The molecule has 0 aliphatic rings. The van der Waals surface area contributed by atoms with Gasteiger partial charge in [0.25, 0.3) is 11.6 Å². The number of aromatic nitrogens is 1. The van der Waals surface area contributed by atoms with Crippen molar-refractivity contribution >= 4 is 34.7 Å².